The van der Waals surface area contributed by atoms with Gasteiger partial charge in [0.25, 0.3) is 0 Å². The highest BCUT2D eigenvalue weighted by Crippen LogP contribution is 2.44. The van der Waals surface area contributed by atoms with E-state index in [4.69, 9.17) is 9.47 Å². The minimum Gasteiger partial charge on any atom is -0.497 e. The summed E-state index contributed by atoms with van der Waals surface area (Å²) >= 11 is 0. The van der Waals surface area contributed by atoms with Gasteiger partial charge in [0.2, 0.25) is 11.8 Å². The third kappa shape index (κ3) is 4.25. The number of nitrogens with one attached hydrogen (secondary N) is 1. The van der Waals surface area contributed by atoms with Gasteiger partial charge in [-0.05, 0) is 37.1 Å². The van der Waals surface area contributed by atoms with Crippen molar-refractivity contribution in [3.8, 4) is 5.75 Å². The Morgan fingerprint density at radius 2 is 1.73 bits per heavy atom. The molecule has 0 bridgehead atoms. The number of amides is 2. The van der Waals surface area contributed by atoms with E-state index in [9.17, 15) is 18.6 Å². The van der Waals surface area contributed by atoms with Crippen molar-refractivity contribution in [3.05, 3.63) is 65.7 Å². The molecule has 1 N–H and O–H groups in total. The van der Waals surface area contributed by atoms with Gasteiger partial charge in [0.05, 0.1) is 29.1 Å². The molecule has 0 aromatic heterocycles. The Hall–Kier alpha value is -3.20. The van der Waals surface area contributed by atoms with Crippen molar-refractivity contribution >= 4 is 28.6 Å². The summed E-state index contributed by atoms with van der Waals surface area (Å²) in [5.74, 6) is -0.688. The van der Waals surface area contributed by atoms with Gasteiger partial charge in [0.1, 0.15) is 29.8 Å². The molecule has 4 rings (SSSR count). The molecule has 2 aromatic carbocycles. The zero-order chi connectivity index (χ0) is 23.8. The highest BCUT2D eigenvalue weighted by Gasteiger charge is 2.68. The number of benzene rings is 2. The molecular weight excluding hydrogens is 444 g/mol. The zero-order valence-electron chi connectivity index (χ0n) is 18.6. The summed E-state index contributed by atoms with van der Waals surface area (Å²) < 4.78 is 22.8. The van der Waals surface area contributed by atoms with E-state index in [0.29, 0.717) is 5.75 Å². The van der Waals surface area contributed by atoms with Crippen molar-refractivity contribution in [2.75, 3.05) is 7.11 Å². The average molecular weight is 471 g/mol. The monoisotopic (exact) mass is 470 g/mol. The molecular formula is C24H26N2O6S. The molecule has 2 aliphatic heterocycles. The third-order valence-corrected chi connectivity index (χ3v) is 8.24. The van der Waals surface area contributed by atoms with E-state index in [1.165, 1.54) is 4.90 Å². The molecule has 33 heavy (non-hydrogen) atoms. The van der Waals surface area contributed by atoms with Gasteiger partial charge in [-0.25, -0.2) is 4.79 Å². The zero-order valence-corrected chi connectivity index (χ0v) is 19.5. The van der Waals surface area contributed by atoms with Gasteiger partial charge in [-0.3, -0.25) is 13.8 Å². The van der Waals surface area contributed by atoms with E-state index in [2.05, 4.69) is 5.32 Å². The van der Waals surface area contributed by atoms with Crippen LogP contribution in [0.15, 0.2) is 54.6 Å². The third-order valence-electron chi connectivity index (χ3n) is 6.04. The molecule has 8 nitrogen and oxygen atoms in total. The van der Waals surface area contributed by atoms with Crippen molar-refractivity contribution in [3.63, 3.8) is 0 Å². The molecule has 9 heteroatoms. The van der Waals surface area contributed by atoms with Crippen LogP contribution in [0.1, 0.15) is 25.0 Å². The van der Waals surface area contributed by atoms with Crippen molar-refractivity contribution < 1.29 is 28.1 Å². The number of rotatable bonds is 7. The lowest BCUT2D eigenvalue weighted by atomic mass is 9.96. The Labute approximate surface area is 194 Å². The number of carbonyl (C=O) groups excluding carboxylic acids is 3. The van der Waals surface area contributed by atoms with Crippen LogP contribution in [0.2, 0.25) is 0 Å². The highest BCUT2D eigenvalue weighted by molar-refractivity contribution is 7.87. The standard InChI is InChI=1S/C24H26N2O6S/c1-24(2)20(23(29)32-14-16-9-11-17(31-3)12-10-16)26-21(28)19(22(26)33(24)30)25-18(27)13-15-7-5-4-6-8-15/h4-12,19-20,22H,13-14H2,1-3H3,(H,25,27)/t19-,20+,22-,33+/m0/s1. The molecule has 2 aliphatic rings. The molecule has 2 aromatic rings. The van der Waals surface area contributed by atoms with Gasteiger partial charge in [-0.15, -0.1) is 0 Å². The Kier molecular flexibility index (Phi) is 6.25. The molecule has 0 aliphatic carbocycles. The van der Waals surface area contributed by atoms with Crippen LogP contribution in [0, 0.1) is 0 Å². The smallest absolute Gasteiger partial charge is 0.330 e. The normalized spacial score (nSPS) is 25.1. The molecule has 2 heterocycles. The van der Waals surface area contributed by atoms with Crippen LogP contribution in [-0.2, 0) is 42.9 Å². The van der Waals surface area contributed by atoms with Gasteiger partial charge in [-0.2, -0.15) is 0 Å². The topological polar surface area (TPSA) is 102 Å². The number of hydrogen-bond acceptors (Lipinski definition) is 6. The molecule has 2 amide bonds. The predicted octanol–water partition coefficient (Wildman–Crippen LogP) is 1.54. The Bertz CT molecular complexity index is 1090. The van der Waals surface area contributed by atoms with E-state index in [1.807, 2.05) is 30.3 Å². The van der Waals surface area contributed by atoms with Crippen molar-refractivity contribution in [2.24, 2.45) is 0 Å². The number of β-lactam (4-membered cyclic amide) rings is 1. The number of hydrogen-bond donors (Lipinski definition) is 1. The quantitative estimate of drug-likeness (QED) is 0.487. The van der Waals surface area contributed by atoms with Crippen LogP contribution >= 0.6 is 0 Å². The fraction of sp³-hybridized carbons (Fsp3) is 0.375. The van der Waals surface area contributed by atoms with E-state index in [-0.39, 0.29) is 18.9 Å². The summed E-state index contributed by atoms with van der Waals surface area (Å²) in [6.07, 6.45) is 0.112. The predicted molar refractivity (Wildman–Crippen MR) is 122 cm³/mol. The summed E-state index contributed by atoms with van der Waals surface area (Å²) in [6.45, 7) is 3.37. The van der Waals surface area contributed by atoms with E-state index < -0.39 is 44.9 Å². The van der Waals surface area contributed by atoms with Crippen molar-refractivity contribution in [1.29, 1.82) is 0 Å². The maximum Gasteiger partial charge on any atom is 0.330 e. The summed E-state index contributed by atoms with van der Waals surface area (Å²) in [6, 6.07) is 14.3. The van der Waals surface area contributed by atoms with Crippen LogP contribution < -0.4 is 10.1 Å². The second kappa shape index (κ2) is 8.97. The number of methoxy groups -OCH3 is 1. The molecule has 0 radical (unpaired) electrons. The lowest BCUT2D eigenvalue weighted by Crippen LogP contribution is -2.71. The van der Waals surface area contributed by atoms with Crippen LogP contribution in [-0.4, -0.2) is 56.2 Å². The van der Waals surface area contributed by atoms with E-state index in [1.54, 1.807) is 45.2 Å². The number of fused-ring (bicyclic) bond motifs is 1. The van der Waals surface area contributed by atoms with Crippen LogP contribution in [0.3, 0.4) is 0 Å². The first-order valence-corrected chi connectivity index (χ1v) is 11.8. The van der Waals surface area contributed by atoms with Gasteiger partial charge in [0.15, 0.2) is 0 Å². The van der Waals surface area contributed by atoms with Gasteiger partial charge in [-0.1, -0.05) is 42.5 Å². The first-order chi connectivity index (χ1) is 15.7. The van der Waals surface area contributed by atoms with Crippen LogP contribution in [0.5, 0.6) is 5.75 Å². The van der Waals surface area contributed by atoms with Gasteiger partial charge >= 0.3 is 5.97 Å². The molecule has 4 atom stereocenters. The SMILES string of the molecule is COc1ccc(COC(=O)[C@H]2N3C(=O)[C@H](NC(=O)Cc4ccccc4)[C@@H]3[S@@](=O)C2(C)C)cc1. The van der Waals surface area contributed by atoms with Crippen molar-refractivity contribution in [1.82, 2.24) is 10.2 Å². The molecule has 0 unspecified atom stereocenters. The number of carbonyl (C=O) groups is 3. The molecule has 174 valence electrons. The Balaban J connectivity index is 1.42. The fourth-order valence-corrected chi connectivity index (χ4v) is 6.15. The fourth-order valence-electron chi connectivity index (χ4n) is 4.23. The minimum atomic E-state index is -1.56. The Morgan fingerprint density at radius 3 is 2.36 bits per heavy atom. The maximum absolute atomic E-state index is 13.2. The summed E-state index contributed by atoms with van der Waals surface area (Å²) in [5.41, 5.74) is 1.57. The summed E-state index contributed by atoms with van der Waals surface area (Å²) in [7, 11) is -0.000290. The second-order valence-corrected chi connectivity index (χ2v) is 10.7. The maximum atomic E-state index is 13.2. The Morgan fingerprint density at radius 1 is 1.06 bits per heavy atom. The first-order valence-electron chi connectivity index (χ1n) is 10.6. The van der Waals surface area contributed by atoms with Crippen LogP contribution in [0.25, 0.3) is 0 Å². The highest BCUT2D eigenvalue weighted by atomic mass is 32.2. The van der Waals surface area contributed by atoms with E-state index in [0.717, 1.165) is 11.1 Å². The van der Waals surface area contributed by atoms with E-state index >= 15 is 0 Å². The molecule has 2 saturated heterocycles. The largest absolute Gasteiger partial charge is 0.497 e. The average Bonchev–Trinajstić information content (AvgIpc) is 3.00. The van der Waals surface area contributed by atoms with Gasteiger partial charge < -0.3 is 19.7 Å². The summed E-state index contributed by atoms with van der Waals surface area (Å²) in [5, 5.41) is 1.94. The number of esters is 1. The lowest BCUT2D eigenvalue weighted by molar-refractivity contribution is -0.165. The minimum absolute atomic E-state index is 0.0198. The second-order valence-electron chi connectivity index (χ2n) is 8.60. The number of ether oxygens (including phenoxy) is 2. The van der Waals surface area contributed by atoms with Gasteiger partial charge in [0, 0.05) is 0 Å². The van der Waals surface area contributed by atoms with Crippen LogP contribution in [0.4, 0.5) is 0 Å². The first kappa shape index (κ1) is 23.0. The molecule has 2 fully saturated rings. The van der Waals surface area contributed by atoms with Crippen molar-refractivity contribution in [2.45, 2.75) is 49.1 Å². The molecule has 0 spiro atoms. The lowest BCUT2D eigenvalue weighted by Gasteiger charge is -2.43. The molecule has 0 saturated carbocycles. The summed E-state index contributed by atoms with van der Waals surface area (Å²) in [4.78, 5) is 39.6. The number of nitrogens with zero attached hydrogens (tertiary/aromatic N) is 1.